The van der Waals surface area contributed by atoms with Gasteiger partial charge in [0, 0.05) is 55.0 Å². The fraction of sp³-hybridized carbons (Fsp3) is 0.500. The van der Waals surface area contributed by atoms with Crippen LogP contribution in [0.3, 0.4) is 0 Å². The van der Waals surface area contributed by atoms with Crippen molar-refractivity contribution in [2.24, 2.45) is 5.92 Å². The summed E-state index contributed by atoms with van der Waals surface area (Å²) in [6.45, 7) is 3.91. The van der Waals surface area contributed by atoms with Crippen LogP contribution in [0.2, 0.25) is 0 Å². The highest BCUT2D eigenvalue weighted by molar-refractivity contribution is 7.15. The Hall–Kier alpha value is -2.69. The van der Waals surface area contributed by atoms with Crippen LogP contribution in [0.1, 0.15) is 36.1 Å². The molecule has 3 N–H and O–H groups in total. The predicted octanol–water partition coefficient (Wildman–Crippen LogP) is 3.02. The number of anilines is 1. The number of hydrogen-bond donors (Lipinski definition) is 2. The smallest absolute Gasteiger partial charge is 0.225 e. The molecule has 1 aromatic carbocycles. The van der Waals surface area contributed by atoms with Crippen molar-refractivity contribution in [2.75, 3.05) is 39.0 Å². The molecule has 0 unspecified atom stereocenters. The first-order valence-corrected chi connectivity index (χ1v) is 12.5. The molecule has 4 heterocycles. The first kappa shape index (κ1) is 23.1. The summed E-state index contributed by atoms with van der Waals surface area (Å²) in [6.07, 6.45) is 6.90. The lowest BCUT2D eigenvalue weighted by molar-refractivity contribution is -0.139. The first-order chi connectivity index (χ1) is 16.4. The molecule has 0 aliphatic carbocycles. The Morgan fingerprint density at radius 1 is 1.32 bits per heavy atom. The van der Waals surface area contributed by atoms with Crippen LogP contribution in [-0.4, -0.2) is 59.6 Å². The third-order valence-corrected chi connectivity index (χ3v) is 7.78. The van der Waals surface area contributed by atoms with Gasteiger partial charge >= 0.3 is 0 Å². The zero-order valence-corrected chi connectivity index (χ0v) is 20.1. The number of aromatic nitrogens is 1. The van der Waals surface area contributed by atoms with E-state index < -0.39 is 5.60 Å². The number of amides is 1. The Kier molecular flexibility index (Phi) is 6.46. The molecule has 5 rings (SSSR count). The fourth-order valence-electron chi connectivity index (χ4n) is 5.15. The van der Waals surface area contributed by atoms with E-state index in [1.165, 1.54) is 30.6 Å². The minimum Gasteiger partial charge on any atom is -0.482 e. The van der Waals surface area contributed by atoms with Crippen LogP contribution in [0.4, 0.5) is 9.52 Å². The molecule has 2 aromatic rings. The molecular weight excluding hydrogens is 457 g/mol. The summed E-state index contributed by atoms with van der Waals surface area (Å²) in [5, 5.41) is 0.598. The van der Waals surface area contributed by atoms with Crippen LogP contribution in [0, 0.1) is 11.7 Å². The Labute approximate surface area is 202 Å². The van der Waals surface area contributed by atoms with Crippen molar-refractivity contribution >= 4 is 28.1 Å². The van der Waals surface area contributed by atoms with Gasteiger partial charge in [0.25, 0.3) is 0 Å². The lowest BCUT2D eigenvalue weighted by Crippen LogP contribution is -2.52. The number of halogens is 1. The van der Waals surface area contributed by atoms with Crippen LogP contribution >= 0.6 is 11.3 Å². The lowest BCUT2D eigenvalue weighted by Gasteiger charge is -2.44. The van der Waals surface area contributed by atoms with Crippen LogP contribution in [-0.2, 0) is 16.2 Å². The standard InChI is InChI=1S/C24H30FN5O3S/c1-32-28-20-13-24(33-21-3-2-17(25)12-19(20)21)6-10-30(11-7-24)22(31)16-4-8-29(9-5-16)15-18-14-27-23(26)34-18/h2-3,12-14,16,28H,4-11,15H2,1H3,(H2,26,27). The average molecular weight is 488 g/mol. The Morgan fingerprint density at radius 2 is 2.09 bits per heavy atom. The van der Waals surface area contributed by atoms with Gasteiger partial charge in [-0.15, -0.1) is 11.3 Å². The number of nitrogens with two attached hydrogens (primary N) is 1. The second-order valence-electron chi connectivity index (χ2n) is 9.21. The number of likely N-dealkylation sites (tertiary alicyclic amines) is 2. The number of rotatable bonds is 5. The molecular formula is C24H30FN5O3S. The summed E-state index contributed by atoms with van der Waals surface area (Å²) in [5.41, 5.74) is 9.39. The Bertz CT molecular complexity index is 1070. The summed E-state index contributed by atoms with van der Waals surface area (Å²) >= 11 is 1.52. The zero-order chi connectivity index (χ0) is 23.7. The number of thiazole rings is 1. The van der Waals surface area contributed by atoms with Crippen molar-refractivity contribution in [1.29, 1.82) is 0 Å². The van der Waals surface area contributed by atoms with E-state index in [1.54, 1.807) is 6.07 Å². The Morgan fingerprint density at radius 3 is 2.76 bits per heavy atom. The number of benzene rings is 1. The van der Waals surface area contributed by atoms with Gasteiger partial charge in [0.2, 0.25) is 5.91 Å². The van der Waals surface area contributed by atoms with Gasteiger partial charge < -0.3 is 15.4 Å². The van der Waals surface area contributed by atoms with Crippen LogP contribution in [0.25, 0.3) is 5.70 Å². The molecule has 10 heteroatoms. The number of nitrogen functional groups attached to an aromatic ring is 1. The second kappa shape index (κ2) is 9.52. The molecule has 0 bridgehead atoms. The van der Waals surface area contributed by atoms with E-state index >= 15 is 0 Å². The number of hydrogen-bond acceptors (Lipinski definition) is 8. The number of hydroxylamine groups is 1. The van der Waals surface area contributed by atoms with Gasteiger partial charge in [-0.3, -0.25) is 20.0 Å². The summed E-state index contributed by atoms with van der Waals surface area (Å²) < 4.78 is 20.1. The van der Waals surface area contributed by atoms with E-state index in [0.717, 1.165) is 37.4 Å². The van der Waals surface area contributed by atoms with E-state index in [2.05, 4.69) is 15.4 Å². The number of carbonyl (C=O) groups is 1. The molecule has 2 fully saturated rings. The lowest BCUT2D eigenvalue weighted by atomic mass is 9.86. The number of ether oxygens (including phenoxy) is 1. The number of piperidine rings is 2. The maximum absolute atomic E-state index is 13.8. The third-order valence-electron chi connectivity index (χ3n) is 6.97. The van der Waals surface area contributed by atoms with Crippen molar-refractivity contribution in [3.8, 4) is 5.75 Å². The van der Waals surface area contributed by atoms with Gasteiger partial charge in [-0.25, -0.2) is 9.37 Å². The predicted molar refractivity (Wildman–Crippen MR) is 128 cm³/mol. The molecule has 1 spiro atoms. The molecule has 3 aliphatic heterocycles. The largest absolute Gasteiger partial charge is 0.482 e. The minimum absolute atomic E-state index is 0.0640. The van der Waals surface area contributed by atoms with E-state index in [9.17, 15) is 9.18 Å². The third kappa shape index (κ3) is 4.75. The van der Waals surface area contributed by atoms with Crippen molar-refractivity contribution < 1.29 is 18.8 Å². The van der Waals surface area contributed by atoms with Crippen LogP contribution in [0.5, 0.6) is 5.75 Å². The maximum atomic E-state index is 13.8. The number of nitrogens with zero attached hydrogens (tertiary/aromatic N) is 3. The van der Waals surface area contributed by atoms with Crippen molar-refractivity contribution in [3.63, 3.8) is 0 Å². The minimum atomic E-state index is -0.539. The van der Waals surface area contributed by atoms with Crippen LogP contribution in [0.15, 0.2) is 30.5 Å². The summed E-state index contributed by atoms with van der Waals surface area (Å²) in [7, 11) is 1.53. The number of carbonyl (C=O) groups excluding carboxylic acids is 1. The van der Waals surface area contributed by atoms with Gasteiger partial charge in [-0.05, 0) is 50.2 Å². The van der Waals surface area contributed by atoms with E-state index in [1.807, 2.05) is 17.2 Å². The monoisotopic (exact) mass is 487 g/mol. The van der Waals surface area contributed by atoms with Crippen molar-refractivity contribution in [3.05, 3.63) is 46.7 Å². The van der Waals surface area contributed by atoms with E-state index in [0.29, 0.717) is 48.1 Å². The summed E-state index contributed by atoms with van der Waals surface area (Å²) in [4.78, 5) is 28.0. The fourth-order valence-corrected chi connectivity index (χ4v) is 5.88. The van der Waals surface area contributed by atoms with E-state index in [-0.39, 0.29) is 17.6 Å². The topological polar surface area (TPSA) is 93.0 Å². The van der Waals surface area contributed by atoms with Gasteiger partial charge in [0.15, 0.2) is 5.13 Å². The van der Waals surface area contributed by atoms with E-state index in [4.69, 9.17) is 15.3 Å². The van der Waals surface area contributed by atoms with Gasteiger partial charge in [-0.2, -0.15) is 0 Å². The zero-order valence-electron chi connectivity index (χ0n) is 19.3. The molecule has 0 radical (unpaired) electrons. The quantitative estimate of drug-likeness (QED) is 0.627. The van der Waals surface area contributed by atoms with Gasteiger partial charge in [0.05, 0.1) is 12.8 Å². The number of fused-ring (bicyclic) bond motifs is 1. The maximum Gasteiger partial charge on any atom is 0.225 e. The van der Waals surface area contributed by atoms with Crippen LogP contribution < -0.4 is 16.0 Å². The molecule has 8 nitrogen and oxygen atoms in total. The molecule has 0 atom stereocenters. The highest BCUT2D eigenvalue weighted by atomic mass is 32.1. The average Bonchev–Trinajstić information content (AvgIpc) is 3.25. The molecule has 0 saturated carbocycles. The highest BCUT2D eigenvalue weighted by Gasteiger charge is 2.41. The molecule has 34 heavy (non-hydrogen) atoms. The van der Waals surface area contributed by atoms with Gasteiger partial charge in [0.1, 0.15) is 17.2 Å². The SMILES string of the molecule is CONC1=CC2(CCN(C(=O)C3CCN(Cc4cnc(N)s4)CC3)CC2)Oc2ccc(F)cc21. The molecule has 3 aliphatic rings. The number of nitrogens with one attached hydrogen (secondary N) is 1. The molecule has 2 saturated heterocycles. The Balaban J connectivity index is 1.18. The molecule has 1 amide bonds. The summed E-state index contributed by atoms with van der Waals surface area (Å²) in [5.74, 6) is 0.603. The normalized spacial score (nSPS) is 20.5. The molecule has 182 valence electrons. The van der Waals surface area contributed by atoms with Crippen molar-refractivity contribution in [2.45, 2.75) is 37.8 Å². The van der Waals surface area contributed by atoms with Gasteiger partial charge in [-0.1, -0.05) is 0 Å². The first-order valence-electron chi connectivity index (χ1n) is 11.7. The molecule has 1 aromatic heterocycles. The van der Waals surface area contributed by atoms with Crippen molar-refractivity contribution in [1.82, 2.24) is 20.3 Å². The highest BCUT2D eigenvalue weighted by Crippen LogP contribution is 2.40. The summed E-state index contributed by atoms with van der Waals surface area (Å²) in [6, 6.07) is 4.49. The second-order valence-corrected chi connectivity index (χ2v) is 10.4.